The first-order valence-electron chi connectivity index (χ1n) is 5.74. The molecule has 0 aliphatic heterocycles. The van der Waals surface area contributed by atoms with Crippen molar-refractivity contribution in [3.8, 4) is 0 Å². The molecular weight excluding hydrogens is 202 g/mol. The topological polar surface area (TPSA) is 49.3 Å². The fourth-order valence-electron chi connectivity index (χ4n) is 1.62. The number of carbonyl (C=O) groups is 1. The van der Waals surface area contributed by atoms with E-state index in [1.807, 2.05) is 25.1 Å². The first-order chi connectivity index (χ1) is 7.74. The van der Waals surface area contributed by atoms with Gasteiger partial charge in [-0.2, -0.15) is 0 Å². The molecule has 3 heteroatoms. The quantitative estimate of drug-likeness (QED) is 0.693. The molecule has 2 N–H and O–H groups in total. The summed E-state index contributed by atoms with van der Waals surface area (Å²) in [5.41, 5.74) is 1.30. The van der Waals surface area contributed by atoms with Gasteiger partial charge in [0.25, 0.3) is 0 Å². The molecule has 0 bridgehead atoms. The van der Waals surface area contributed by atoms with E-state index in [2.05, 4.69) is 17.4 Å². The highest BCUT2D eigenvalue weighted by Crippen LogP contribution is 2.01. The van der Waals surface area contributed by atoms with E-state index in [-0.39, 0.29) is 0 Å². The number of nitrogens with one attached hydrogen (secondary N) is 1. The molecular formula is C13H19NO2. The van der Waals surface area contributed by atoms with Gasteiger partial charge in [-0.3, -0.25) is 4.79 Å². The second kappa shape index (κ2) is 7.01. The van der Waals surface area contributed by atoms with E-state index in [1.54, 1.807) is 0 Å². The van der Waals surface area contributed by atoms with E-state index in [0.29, 0.717) is 6.42 Å². The molecule has 0 aliphatic rings. The van der Waals surface area contributed by atoms with Gasteiger partial charge >= 0.3 is 5.97 Å². The second-order valence-corrected chi connectivity index (χ2v) is 3.84. The van der Waals surface area contributed by atoms with Gasteiger partial charge in [0.1, 0.15) is 6.04 Å². The Labute approximate surface area is 96.5 Å². The molecule has 0 aliphatic carbocycles. The second-order valence-electron chi connectivity index (χ2n) is 3.84. The number of benzene rings is 1. The van der Waals surface area contributed by atoms with Crippen LogP contribution in [-0.4, -0.2) is 23.7 Å². The van der Waals surface area contributed by atoms with Crippen LogP contribution in [0.1, 0.15) is 25.3 Å². The zero-order valence-electron chi connectivity index (χ0n) is 9.65. The summed E-state index contributed by atoms with van der Waals surface area (Å²) in [5.74, 6) is -0.762. The zero-order chi connectivity index (χ0) is 11.8. The molecule has 1 rings (SSSR count). The fraction of sp³-hybridized carbons (Fsp3) is 0.462. The van der Waals surface area contributed by atoms with Crippen molar-refractivity contribution >= 4 is 5.97 Å². The number of hydrogen-bond acceptors (Lipinski definition) is 2. The summed E-state index contributed by atoms with van der Waals surface area (Å²) in [6.07, 6.45) is 2.58. The maximum Gasteiger partial charge on any atom is 0.320 e. The molecule has 0 amide bonds. The normalized spacial score (nSPS) is 12.3. The van der Waals surface area contributed by atoms with Gasteiger partial charge in [-0.05, 0) is 31.4 Å². The lowest BCUT2D eigenvalue weighted by molar-refractivity contribution is -0.139. The summed E-state index contributed by atoms with van der Waals surface area (Å²) < 4.78 is 0. The number of hydrogen-bond donors (Lipinski definition) is 2. The molecule has 88 valence electrons. The molecule has 3 nitrogen and oxygen atoms in total. The number of rotatable bonds is 7. The van der Waals surface area contributed by atoms with E-state index >= 15 is 0 Å². The van der Waals surface area contributed by atoms with Crippen molar-refractivity contribution < 1.29 is 9.90 Å². The van der Waals surface area contributed by atoms with Crippen LogP contribution >= 0.6 is 0 Å². The summed E-state index contributed by atoms with van der Waals surface area (Å²) in [7, 11) is 0. The predicted octanol–water partition coefficient (Wildman–Crippen LogP) is 2.07. The molecule has 1 unspecified atom stereocenters. The lowest BCUT2D eigenvalue weighted by atomic mass is 10.1. The van der Waals surface area contributed by atoms with Crippen LogP contribution in [0.4, 0.5) is 0 Å². The molecule has 16 heavy (non-hydrogen) atoms. The highest BCUT2D eigenvalue weighted by atomic mass is 16.4. The molecule has 0 radical (unpaired) electrons. The van der Waals surface area contributed by atoms with Crippen molar-refractivity contribution in [1.29, 1.82) is 0 Å². The van der Waals surface area contributed by atoms with Crippen molar-refractivity contribution in [1.82, 2.24) is 5.32 Å². The fourth-order valence-corrected chi connectivity index (χ4v) is 1.62. The van der Waals surface area contributed by atoms with Crippen LogP contribution in [-0.2, 0) is 11.2 Å². The van der Waals surface area contributed by atoms with Gasteiger partial charge in [0.2, 0.25) is 0 Å². The van der Waals surface area contributed by atoms with Crippen LogP contribution in [0.15, 0.2) is 30.3 Å². The largest absolute Gasteiger partial charge is 0.480 e. The number of aryl methyl sites for hydroxylation is 1. The van der Waals surface area contributed by atoms with E-state index in [4.69, 9.17) is 5.11 Å². The number of aliphatic carboxylic acids is 1. The van der Waals surface area contributed by atoms with Crippen molar-refractivity contribution in [3.05, 3.63) is 35.9 Å². The highest BCUT2D eigenvalue weighted by molar-refractivity contribution is 5.73. The minimum Gasteiger partial charge on any atom is -0.480 e. The summed E-state index contributed by atoms with van der Waals surface area (Å²) in [6, 6.07) is 9.82. The Kier molecular flexibility index (Phi) is 5.57. The molecule has 0 spiro atoms. The minimum atomic E-state index is -0.762. The van der Waals surface area contributed by atoms with Gasteiger partial charge in [-0.1, -0.05) is 37.3 Å². The highest BCUT2D eigenvalue weighted by Gasteiger charge is 2.12. The summed E-state index contributed by atoms with van der Waals surface area (Å²) >= 11 is 0. The van der Waals surface area contributed by atoms with E-state index in [9.17, 15) is 4.79 Å². The average Bonchev–Trinajstić information content (AvgIpc) is 2.30. The third-order valence-corrected chi connectivity index (χ3v) is 2.58. The Hall–Kier alpha value is -1.35. The summed E-state index contributed by atoms with van der Waals surface area (Å²) in [6.45, 7) is 2.63. The van der Waals surface area contributed by atoms with Crippen LogP contribution in [0.5, 0.6) is 0 Å². The lowest BCUT2D eigenvalue weighted by Gasteiger charge is -2.11. The molecule has 1 aromatic rings. The van der Waals surface area contributed by atoms with Gasteiger partial charge in [-0.15, -0.1) is 0 Å². The number of carboxylic acids is 1. The minimum absolute atomic E-state index is 0.407. The van der Waals surface area contributed by atoms with Crippen molar-refractivity contribution in [2.24, 2.45) is 0 Å². The third-order valence-electron chi connectivity index (χ3n) is 2.58. The molecule has 0 saturated carbocycles. The zero-order valence-corrected chi connectivity index (χ0v) is 9.65. The third kappa shape index (κ3) is 4.45. The van der Waals surface area contributed by atoms with Crippen LogP contribution < -0.4 is 5.32 Å². The standard InChI is InChI=1S/C13H19NO2/c1-2-12(13(15)16)14-10-6-9-11-7-4-3-5-8-11/h3-5,7-8,12,14H,2,6,9-10H2,1H3,(H,15,16). The van der Waals surface area contributed by atoms with Crippen molar-refractivity contribution in [2.45, 2.75) is 32.2 Å². The molecule has 0 fully saturated rings. The molecule has 0 heterocycles. The van der Waals surface area contributed by atoms with Gasteiger partial charge in [0.15, 0.2) is 0 Å². The van der Waals surface area contributed by atoms with E-state index in [0.717, 1.165) is 19.4 Å². The van der Waals surface area contributed by atoms with Gasteiger partial charge < -0.3 is 10.4 Å². The Bertz CT molecular complexity index is 311. The first kappa shape index (κ1) is 12.7. The SMILES string of the molecule is CCC(NCCCc1ccccc1)C(=O)O. The Morgan fingerprint density at radius 2 is 2.06 bits per heavy atom. The summed E-state index contributed by atoms with van der Waals surface area (Å²) in [5, 5.41) is 11.9. The van der Waals surface area contributed by atoms with Crippen molar-refractivity contribution in [2.75, 3.05) is 6.54 Å². The predicted molar refractivity (Wildman–Crippen MR) is 64.5 cm³/mol. The molecule has 0 saturated heterocycles. The van der Waals surface area contributed by atoms with E-state index in [1.165, 1.54) is 5.56 Å². The van der Waals surface area contributed by atoms with Crippen LogP contribution in [0.25, 0.3) is 0 Å². The monoisotopic (exact) mass is 221 g/mol. The van der Waals surface area contributed by atoms with Crippen molar-refractivity contribution in [3.63, 3.8) is 0 Å². The molecule has 0 aromatic heterocycles. The summed E-state index contributed by atoms with van der Waals surface area (Å²) in [4.78, 5) is 10.7. The van der Waals surface area contributed by atoms with Crippen LogP contribution in [0, 0.1) is 0 Å². The Balaban J connectivity index is 2.19. The molecule has 1 atom stereocenters. The Morgan fingerprint density at radius 3 is 2.62 bits per heavy atom. The van der Waals surface area contributed by atoms with Gasteiger partial charge in [0.05, 0.1) is 0 Å². The van der Waals surface area contributed by atoms with Crippen LogP contribution in [0.3, 0.4) is 0 Å². The van der Waals surface area contributed by atoms with Gasteiger partial charge in [-0.25, -0.2) is 0 Å². The Morgan fingerprint density at radius 1 is 1.38 bits per heavy atom. The van der Waals surface area contributed by atoms with Crippen LogP contribution in [0.2, 0.25) is 0 Å². The maximum atomic E-state index is 10.7. The maximum absolute atomic E-state index is 10.7. The molecule has 1 aromatic carbocycles. The van der Waals surface area contributed by atoms with E-state index < -0.39 is 12.0 Å². The smallest absolute Gasteiger partial charge is 0.320 e. The average molecular weight is 221 g/mol. The lowest BCUT2D eigenvalue weighted by Crippen LogP contribution is -2.36. The first-order valence-corrected chi connectivity index (χ1v) is 5.74. The number of carboxylic acid groups (broad SMARTS) is 1. The van der Waals surface area contributed by atoms with Gasteiger partial charge in [0, 0.05) is 0 Å².